The number of benzene rings is 1. The van der Waals surface area contributed by atoms with Crippen LogP contribution >= 0.6 is 24.0 Å². The molecule has 1 aromatic rings. The van der Waals surface area contributed by atoms with Gasteiger partial charge in [0.2, 0.25) is 0 Å². The number of rotatable bonds is 3. The quantitative estimate of drug-likeness (QED) is 0.597. The first-order chi connectivity index (χ1) is 7.86. The summed E-state index contributed by atoms with van der Waals surface area (Å²) in [6.45, 7) is 2.32. The monoisotopic (exact) mass is 251 g/mol. The van der Waals surface area contributed by atoms with Crippen LogP contribution in [0, 0.1) is 0 Å². The van der Waals surface area contributed by atoms with Gasteiger partial charge in [0.05, 0.1) is 4.99 Å². The minimum Gasteiger partial charge on any atom is -0.365 e. The molecule has 0 N–H and O–H groups in total. The van der Waals surface area contributed by atoms with E-state index in [1.54, 1.807) is 0 Å². The molecule has 2 rings (SSSR count). The lowest BCUT2D eigenvalue weighted by molar-refractivity contribution is 0.346. The van der Waals surface area contributed by atoms with Crippen LogP contribution in [0.2, 0.25) is 0 Å². The molecule has 0 aliphatic carbocycles. The lowest BCUT2D eigenvalue weighted by Crippen LogP contribution is -2.35. The molecule has 3 heteroatoms. The third kappa shape index (κ3) is 3.49. The van der Waals surface area contributed by atoms with E-state index in [0.29, 0.717) is 0 Å². The molecule has 0 bridgehead atoms. The Morgan fingerprint density at radius 3 is 2.50 bits per heavy atom. The number of nitrogens with zero attached hydrogens (tertiary/aromatic N) is 1. The number of hydrogen-bond acceptors (Lipinski definition) is 2. The van der Waals surface area contributed by atoms with Crippen molar-refractivity contribution in [3.8, 4) is 0 Å². The molecule has 0 unspecified atom stereocenters. The highest BCUT2D eigenvalue weighted by Crippen LogP contribution is 2.19. The van der Waals surface area contributed by atoms with Gasteiger partial charge in [0.1, 0.15) is 0 Å². The Labute approximate surface area is 107 Å². The molecule has 0 spiro atoms. The zero-order valence-corrected chi connectivity index (χ0v) is 11.0. The van der Waals surface area contributed by atoms with E-state index in [1.165, 1.54) is 24.2 Å². The second-order valence-corrected chi connectivity index (χ2v) is 5.56. The summed E-state index contributed by atoms with van der Waals surface area (Å²) in [4.78, 5) is 4.80. The smallest absolute Gasteiger partial charge is 0.0883 e. The number of piperidine rings is 1. The van der Waals surface area contributed by atoms with Crippen LogP contribution in [0.3, 0.4) is 0 Å². The van der Waals surface area contributed by atoms with Gasteiger partial charge in [-0.15, -0.1) is 11.8 Å². The standard InChI is InChI=1S/C13H17NS2/c15-13(14-9-5-2-6-10-14)11-16-12-7-3-1-4-8-12/h1,3-4,7-8H,2,5-6,9-11H2. The minimum atomic E-state index is 0.944. The van der Waals surface area contributed by atoms with Gasteiger partial charge < -0.3 is 4.90 Å². The lowest BCUT2D eigenvalue weighted by atomic mass is 10.1. The van der Waals surface area contributed by atoms with Crippen molar-refractivity contribution >= 4 is 29.0 Å². The summed E-state index contributed by atoms with van der Waals surface area (Å²) in [7, 11) is 0. The Bertz CT molecular complexity index is 331. The van der Waals surface area contributed by atoms with E-state index in [1.807, 2.05) is 17.8 Å². The highest BCUT2D eigenvalue weighted by atomic mass is 32.2. The van der Waals surface area contributed by atoms with Crippen molar-refractivity contribution in [1.29, 1.82) is 0 Å². The van der Waals surface area contributed by atoms with E-state index in [9.17, 15) is 0 Å². The van der Waals surface area contributed by atoms with Gasteiger partial charge in [-0.05, 0) is 31.4 Å². The van der Waals surface area contributed by atoms with Gasteiger partial charge >= 0.3 is 0 Å². The van der Waals surface area contributed by atoms with Gasteiger partial charge in [-0.1, -0.05) is 30.4 Å². The summed E-state index contributed by atoms with van der Waals surface area (Å²) in [6, 6.07) is 10.5. The fraction of sp³-hybridized carbons (Fsp3) is 0.462. The second kappa shape index (κ2) is 6.26. The molecule has 16 heavy (non-hydrogen) atoms. The highest BCUT2D eigenvalue weighted by molar-refractivity contribution is 8.01. The Hall–Kier alpha value is -0.540. The largest absolute Gasteiger partial charge is 0.365 e. The Morgan fingerprint density at radius 2 is 1.81 bits per heavy atom. The van der Waals surface area contributed by atoms with Crippen LogP contribution in [0.5, 0.6) is 0 Å². The maximum absolute atomic E-state index is 5.48. The molecule has 0 amide bonds. The number of thiocarbonyl (C=S) groups is 1. The van der Waals surface area contributed by atoms with Gasteiger partial charge in [-0.2, -0.15) is 0 Å². The zero-order valence-electron chi connectivity index (χ0n) is 9.39. The first-order valence-electron chi connectivity index (χ1n) is 5.82. The second-order valence-electron chi connectivity index (χ2n) is 4.04. The molecule has 1 aromatic carbocycles. The average molecular weight is 251 g/mol. The van der Waals surface area contributed by atoms with Crippen LogP contribution in [0.4, 0.5) is 0 Å². The van der Waals surface area contributed by atoms with Gasteiger partial charge in [0.15, 0.2) is 0 Å². The predicted molar refractivity (Wildman–Crippen MR) is 75.2 cm³/mol. The molecule has 1 saturated heterocycles. The molecule has 0 aromatic heterocycles. The Kier molecular flexibility index (Phi) is 4.67. The molecule has 1 aliphatic heterocycles. The van der Waals surface area contributed by atoms with Crippen molar-refractivity contribution < 1.29 is 0 Å². The Morgan fingerprint density at radius 1 is 1.12 bits per heavy atom. The van der Waals surface area contributed by atoms with Crippen LogP contribution in [-0.2, 0) is 0 Å². The SMILES string of the molecule is S=C(CSc1ccccc1)N1CCCCC1. The van der Waals surface area contributed by atoms with E-state index >= 15 is 0 Å². The molecular weight excluding hydrogens is 234 g/mol. The third-order valence-corrected chi connectivity index (χ3v) is 4.42. The Balaban J connectivity index is 1.79. The molecule has 1 fully saturated rings. The molecule has 86 valence electrons. The molecule has 0 atom stereocenters. The molecule has 1 aliphatic rings. The van der Waals surface area contributed by atoms with E-state index < -0.39 is 0 Å². The zero-order chi connectivity index (χ0) is 11.2. The van der Waals surface area contributed by atoms with Crippen molar-refractivity contribution in [2.24, 2.45) is 0 Å². The number of likely N-dealkylation sites (tertiary alicyclic amines) is 1. The third-order valence-electron chi connectivity index (χ3n) is 2.81. The first-order valence-corrected chi connectivity index (χ1v) is 7.21. The predicted octanol–water partition coefficient (Wildman–Crippen LogP) is 3.59. The summed E-state index contributed by atoms with van der Waals surface area (Å²) in [5.41, 5.74) is 0. The molecule has 0 saturated carbocycles. The normalized spacial score (nSPS) is 16.1. The highest BCUT2D eigenvalue weighted by Gasteiger charge is 2.12. The molecular formula is C13H17NS2. The van der Waals surface area contributed by atoms with Crippen LogP contribution in [0.25, 0.3) is 0 Å². The average Bonchev–Trinajstić information content (AvgIpc) is 2.38. The fourth-order valence-electron chi connectivity index (χ4n) is 1.90. The maximum Gasteiger partial charge on any atom is 0.0883 e. The summed E-state index contributed by atoms with van der Waals surface area (Å²) in [5.74, 6) is 0.944. The summed E-state index contributed by atoms with van der Waals surface area (Å²) in [5, 5.41) is 0. The maximum atomic E-state index is 5.48. The van der Waals surface area contributed by atoms with Crippen molar-refractivity contribution in [1.82, 2.24) is 4.90 Å². The van der Waals surface area contributed by atoms with Crippen molar-refractivity contribution in [3.05, 3.63) is 30.3 Å². The molecule has 1 nitrogen and oxygen atoms in total. The lowest BCUT2D eigenvalue weighted by Gasteiger charge is -2.28. The fourth-order valence-corrected chi connectivity index (χ4v) is 3.08. The van der Waals surface area contributed by atoms with E-state index in [2.05, 4.69) is 29.2 Å². The summed E-state index contributed by atoms with van der Waals surface area (Å²) < 4.78 is 0. The molecule has 1 heterocycles. The van der Waals surface area contributed by atoms with Crippen LogP contribution in [0.1, 0.15) is 19.3 Å². The molecule has 0 radical (unpaired) electrons. The topological polar surface area (TPSA) is 3.24 Å². The van der Waals surface area contributed by atoms with Crippen LogP contribution < -0.4 is 0 Å². The van der Waals surface area contributed by atoms with Crippen molar-refractivity contribution in [2.45, 2.75) is 24.2 Å². The first kappa shape index (κ1) is 11.9. The van der Waals surface area contributed by atoms with Gasteiger partial charge in [-0.3, -0.25) is 0 Å². The van der Waals surface area contributed by atoms with Crippen LogP contribution in [0.15, 0.2) is 35.2 Å². The van der Waals surface area contributed by atoms with Crippen molar-refractivity contribution in [2.75, 3.05) is 18.8 Å². The van der Waals surface area contributed by atoms with E-state index in [4.69, 9.17) is 12.2 Å². The van der Waals surface area contributed by atoms with E-state index in [0.717, 1.165) is 23.8 Å². The van der Waals surface area contributed by atoms with Crippen LogP contribution in [-0.4, -0.2) is 28.7 Å². The van der Waals surface area contributed by atoms with Gasteiger partial charge in [0.25, 0.3) is 0 Å². The van der Waals surface area contributed by atoms with Gasteiger partial charge in [0, 0.05) is 23.7 Å². The van der Waals surface area contributed by atoms with Crippen molar-refractivity contribution in [3.63, 3.8) is 0 Å². The van der Waals surface area contributed by atoms with Gasteiger partial charge in [-0.25, -0.2) is 0 Å². The minimum absolute atomic E-state index is 0.944. The number of hydrogen-bond donors (Lipinski definition) is 0. The number of thioether (sulfide) groups is 1. The summed E-state index contributed by atoms with van der Waals surface area (Å²) in [6.07, 6.45) is 3.97. The summed E-state index contributed by atoms with van der Waals surface area (Å²) >= 11 is 7.32. The van der Waals surface area contributed by atoms with E-state index in [-0.39, 0.29) is 0 Å².